The molecule has 112 valence electrons. The largest absolute Gasteiger partial charge is 0.507 e. The lowest BCUT2D eigenvalue weighted by Gasteiger charge is -2.11. The highest BCUT2D eigenvalue weighted by atomic mass is 16.4. The maximum absolute atomic E-state index is 12.0. The van der Waals surface area contributed by atoms with Crippen LogP contribution in [0.15, 0.2) is 21.3 Å². The fraction of sp³-hybridized carbons (Fsp3) is 0.333. The van der Waals surface area contributed by atoms with E-state index in [2.05, 4.69) is 0 Å². The third-order valence-electron chi connectivity index (χ3n) is 3.28. The number of phenolic OH excluding ortho intramolecular Hbond substituents is 2. The van der Waals surface area contributed by atoms with Crippen molar-refractivity contribution in [2.45, 2.75) is 26.9 Å². The molecule has 0 saturated heterocycles. The first-order valence-corrected chi connectivity index (χ1v) is 6.49. The van der Waals surface area contributed by atoms with Crippen molar-refractivity contribution in [1.82, 2.24) is 0 Å². The van der Waals surface area contributed by atoms with Crippen molar-refractivity contribution in [3.05, 3.63) is 33.7 Å². The molecule has 0 aliphatic heterocycles. The van der Waals surface area contributed by atoms with Gasteiger partial charge in [-0.3, -0.25) is 9.59 Å². The van der Waals surface area contributed by atoms with Crippen molar-refractivity contribution >= 4 is 16.8 Å². The lowest BCUT2D eigenvalue weighted by atomic mass is 9.98. The van der Waals surface area contributed by atoms with Gasteiger partial charge in [-0.2, -0.15) is 0 Å². The van der Waals surface area contributed by atoms with Crippen molar-refractivity contribution in [1.29, 1.82) is 0 Å². The minimum absolute atomic E-state index is 0.00486. The van der Waals surface area contributed by atoms with Crippen LogP contribution < -0.4 is 5.43 Å². The van der Waals surface area contributed by atoms with Crippen molar-refractivity contribution in [3.63, 3.8) is 0 Å². The van der Waals surface area contributed by atoms with Crippen LogP contribution in [0.25, 0.3) is 11.0 Å². The number of carbonyl (C=O) groups is 1. The topological polar surface area (TPSA) is 108 Å². The van der Waals surface area contributed by atoms with Gasteiger partial charge in [0.05, 0.1) is 0 Å². The first kappa shape index (κ1) is 15.1. The van der Waals surface area contributed by atoms with Crippen LogP contribution in [0.5, 0.6) is 11.5 Å². The molecular formula is C15H16O6. The molecule has 3 N–H and O–H groups in total. The van der Waals surface area contributed by atoms with Crippen LogP contribution >= 0.6 is 0 Å². The molecule has 0 atom stereocenters. The molecule has 2 rings (SSSR count). The van der Waals surface area contributed by atoms with Crippen LogP contribution in [0.1, 0.15) is 25.2 Å². The summed E-state index contributed by atoms with van der Waals surface area (Å²) in [5, 5.41) is 29.0. The molecule has 0 aliphatic carbocycles. The molecule has 0 unspecified atom stereocenters. The summed E-state index contributed by atoms with van der Waals surface area (Å²) in [5.74, 6) is -1.19. The van der Waals surface area contributed by atoms with Crippen molar-refractivity contribution < 1.29 is 24.5 Å². The van der Waals surface area contributed by atoms with Crippen LogP contribution in [0.3, 0.4) is 0 Å². The number of hydrogen-bond donors (Lipinski definition) is 3. The number of ketones is 1. The Morgan fingerprint density at radius 2 is 1.95 bits per heavy atom. The van der Waals surface area contributed by atoms with Crippen LogP contribution in [0.2, 0.25) is 0 Å². The van der Waals surface area contributed by atoms with E-state index in [4.69, 9.17) is 9.52 Å². The summed E-state index contributed by atoms with van der Waals surface area (Å²) in [5.41, 5.74) is -0.580. The third-order valence-corrected chi connectivity index (χ3v) is 3.28. The second-order valence-electron chi connectivity index (χ2n) is 5.13. The SMILES string of the molecule is CC(C)C(=O)Cc1c(O)cc2oc(CO)cc(=O)c2c1O. The predicted molar refractivity (Wildman–Crippen MR) is 75.3 cm³/mol. The minimum atomic E-state index is -0.545. The Kier molecular flexibility index (Phi) is 3.99. The molecule has 0 spiro atoms. The Morgan fingerprint density at radius 3 is 2.52 bits per heavy atom. The van der Waals surface area contributed by atoms with Gasteiger partial charge in [0, 0.05) is 30.0 Å². The molecule has 1 aromatic heterocycles. The summed E-state index contributed by atoms with van der Waals surface area (Å²) in [6, 6.07) is 2.23. The molecule has 1 heterocycles. The molecular weight excluding hydrogens is 276 g/mol. The number of benzene rings is 1. The van der Waals surface area contributed by atoms with Crippen molar-refractivity contribution in [2.24, 2.45) is 5.92 Å². The van der Waals surface area contributed by atoms with Gasteiger partial charge in [-0.1, -0.05) is 13.8 Å². The van der Waals surface area contributed by atoms with Crippen LogP contribution in [-0.2, 0) is 17.8 Å². The second kappa shape index (κ2) is 5.57. The first-order chi connectivity index (χ1) is 9.85. The van der Waals surface area contributed by atoms with Crippen LogP contribution in [0.4, 0.5) is 0 Å². The summed E-state index contributed by atoms with van der Waals surface area (Å²) in [6.45, 7) is 2.94. The number of rotatable bonds is 4. The van der Waals surface area contributed by atoms with Gasteiger partial charge in [-0.05, 0) is 0 Å². The monoisotopic (exact) mass is 292 g/mol. The summed E-state index contributed by atoms with van der Waals surface area (Å²) < 4.78 is 5.21. The summed E-state index contributed by atoms with van der Waals surface area (Å²) >= 11 is 0. The second-order valence-corrected chi connectivity index (χ2v) is 5.13. The normalized spacial score (nSPS) is 11.2. The summed E-state index contributed by atoms with van der Waals surface area (Å²) in [7, 11) is 0. The average molecular weight is 292 g/mol. The van der Waals surface area contributed by atoms with E-state index >= 15 is 0 Å². The lowest BCUT2D eigenvalue weighted by Crippen LogP contribution is -2.11. The fourth-order valence-corrected chi connectivity index (χ4v) is 2.01. The van der Waals surface area contributed by atoms with Crippen LogP contribution in [0, 0.1) is 5.92 Å². The van der Waals surface area contributed by atoms with Gasteiger partial charge in [-0.15, -0.1) is 0 Å². The van der Waals surface area contributed by atoms with E-state index in [1.54, 1.807) is 13.8 Å². The zero-order chi connectivity index (χ0) is 15.7. The van der Waals surface area contributed by atoms with Gasteiger partial charge in [0.15, 0.2) is 5.43 Å². The number of aliphatic hydroxyl groups excluding tert-OH is 1. The minimum Gasteiger partial charge on any atom is -0.507 e. The average Bonchev–Trinajstić information content (AvgIpc) is 2.41. The van der Waals surface area contributed by atoms with E-state index in [1.807, 2.05) is 0 Å². The van der Waals surface area contributed by atoms with E-state index in [0.29, 0.717) is 0 Å². The van der Waals surface area contributed by atoms with Gasteiger partial charge in [-0.25, -0.2) is 0 Å². The van der Waals surface area contributed by atoms with Gasteiger partial charge < -0.3 is 19.7 Å². The number of aliphatic hydroxyl groups is 1. The van der Waals surface area contributed by atoms with Gasteiger partial charge in [0.2, 0.25) is 0 Å². The molecule has 6 nitrogen and oxygen atoms in total. The number of carbonyl (C=O) groups excluding carboxylic acids is 1. The highest BCUT2D eigenvalue weighted by molar-refractivity contribution is 5.91. The molecule has 21 heavy (non-hydrogen) atoms. The molecule has 0 bridgehead atoms. The Labute approximate surface area is 120 Å². The number of Topliss-reactive ketones (excluding diaryl/α,β-unsaturated/α-hetero) is 1. The Morgan fingerprint density at radius 1 is 1.29 bits per heavy atom. The van der Waals surface area contributed by atoms with Crippen molar-refractivity contribution in [2.75, 3.05) is 0 Å². The van der Waals surface area contributed by atoms with E-state index in [-0.39, 0.29) is 46.2 Å². The van der Waals surface area contributed by atoms with E-state index in [9.17, 15) is 19.8 Å². The molecule has 0 aliphatic rings. The predicted octanol–water partition coefficient (Wildman–Crippen LogP) is 1.46. The molecule has 0 saturated carbocycles. The van der Waals surface area contributed by atoms with E-state index < -0.39 is 17.8 Å². The number of hydrogen-bond acceptors (Lipinski definition) is 6. The van der Waals surface area contributed by atoms with Gasteiger partial charge in [0.1, 0.15) is 40.6 Å². The maximum atomic E-state index is 12.0. The quantitative estimate of drug-likeness (QED) is 0.787. The fourth-order valence-electron chi connectivity index (χ4n) is 2.01. The molecule has 2 aromatic rings. The number of aromatic hydroxyl groups is 2. The van der Waals surface area contributed by atoms with Gasteiger partial charge >= 0.3 is 0 Å². The summed E-state index contributed by atoms with van der Waals surface area (Å²) in [6.07, 6.45) is -0.174. The third kappa shape index (κ3) is 2.75. The molecule has 0 fully saturated rings. The summed E-state index contributed by atoms with van der Waals surface area (Å²) in [4.78, 5) is 23.7. The number of phenols is 2. The molecule has 0 amide bonds. The van der Waals surface area contributed by atoms with E-state index in [0.717, 1.165) is 6.07 Å². The van der Waals surface area contributed by atoms with Gasteiger partial charge in [0.25, 0.3) is 0 Å². The first-order valence-electron chi connectivity index (χ1n) is 6.49. The lowest BCUT2D eigenvalue weighted by molar-refractivity contribution is -0.121. The Bertz CT molecular complexity index is 757. The maximum Gasteiger partial charge on any atom is 0.196 e. The Hall–Kier alpha value is -2.34. The number of fused-ring (bicyclic) bond motifs is 1. The van der Waals surface area contributed by atoms with Crippen molar-refractivity contribution in [3.8, 4) is 11.5 Å². The van der Waals surface area contributed by atoms with Crippen LogP contribution in [-0.4, -0.2) is 21.1 Å². The molecule has 6 heteroatoms. The molecule has 1 aromatic carbocycles. The smallest absolute Gasteiger partial charge is 0.196 e. The molecule has 0 radical (unpaired) electrons. The standard InChI is InChI=1S/C15H16O6/c1-7(2)10(17)4-9-11(18)5-13-14(15(9)20)12(19)3-8(6-16)21-13/h3,5,7,16,18,20H,4,6H2,1-2H3. The Balaban J connectivity index is 2.67. The van der Waals surface area contributed by atoms with E-state index in [1.165, 1.54) is 6.07 Å². The highest BCUT2D eigenvalue weighted by Gasteiger charge is 2.20. The highest BCUT2D eigenvalue weighted by Crippen LogP contribution is 2.35. The zero-order valence-electron chi connectivity index (χ0n) is 11.7. The zero-order valence-corrected chi connectivity index (χ0v) is 11.7.